The van der Waals surface area contributed by atoms with Gasteiger partial charge in [-0.2, -0.15) is 18.2 Å². The summed E-state index contributed by atoms with van der Waals surface area (Å²) in [4.78, 5) is 17.9. The number of carbonyl (C=O) groups is 1. The average Bonchev–Trinajstić information content (AvgIpc) is 3.16. The molecule has 1 fully saturated rings. The van der Waals surface area contributed by atoms with E-state index in [2.05, 4.69) is 14.7 Å². The first-order chi connectivity index (χ1) is 10.4. The van der Waals surface area contributed by atoms with Gasteiger partial charge in [-0.1, -0.05) is 5.16 Å². The van der Waals surface area contributed by atoms with Crippen LogP contribution >= 0.6 is 0 Å². The Bertz CT molecular complexity index is 653. The van der Waals surface area contributed by atoms with E-state index < -0.39 is 11.7 Å². The van der Waals surface area contributed by atoms with E-state index in [0.717, 1.165) is 12.1 Å². The lowest BCUT2D eigenvalue weighted by Gasteiger charge is -2.16. The smallest absolute Gasteiger partial charge is 0.343 e. The van der Waals surface area contributed by atoms with Gasteiger partial charge in [0.1, 0.15) is 0 Å². The second-order valence-corrected chi connectivity index (χ2v) is 5.10. The molecule has 1 atom stereocenters. The molecule has 0 bridgehead atoms. The van der Waals surface area contributed by atoms with Crippen LogP contribution in [0.2, 0.25) is 0 Å². The summed E-state index contributed by atoms with van der Waals surface area (Å²) in [6, 6.07) is 4.24. The molecule has 0 radical (unpaired) electrons. The van der Waals surface area contributed by atoms with E-state index in [1.165, 1.54) is 18.5 Å². The Hall–Kier alpha value is -2.38. The van der Waals surface area contributed by atoms with Crippen molar-refractivity contribution in [3.05, 3.63) is 47.6 Å². The summed E-state index contributed by atoms with van der Waals surface area (Å²) in [5, 5.41) is 3.75. The van der Waals surface area contributed by atoms with Crippen LogP contribution in [0.25, 0.3) is 0 Å². The van der Waals surface area contributed by atoms with E-state index in [4.69, 9.17) is 0 Å². The quantitative estimate of drug-likeness (QED) is 0.855. The number of carbonyl (C=O) groups excluding carboxylic acids is 1. The lowest BCUT2D eigenvalue weighted by Crippen LogP contribution is -2.28. The number of hydrogen-bond donors (Lipinski definition) is 0. The van der Waals surface area contributed by atoms with Gasteiger partial charge in [-0.15, -0.1) is 0 Å². The van der Waals surface area contributed by atoms with Gasteiger partial charge in [-0.3, -0.25) is 4.79 Å². The van der Waals surface area contributed by atoms with E-state index in [0.29, 0.717) is 25.3 Å². The minimum Gasteiger partial charge on any atom is -0.343 e. The number of alkyl halides is 3. The molecule has 8 heteroatoms. The van der Waals surface area contributed by atoms with Gasteiger partial charge in [0.15, 0.2) is 5.82 Å². The number of nitrogens with zero attached hydrogens (tertiary/aromatic N) is 3. The molecule has 1 aromatic carbocycles. The first-order valence-electron chi connectivity index (χ1n) is 6.68. The van der Waals surface area contributed by atoms with Gasteiger partial charge < -0.3 is 9.42 Å². The highest BCUT2D eigenvalue weighted by molar-refractivity contribution is 5.94. The third kappa shape index (κ3) is 2.81. The molecule has 22 heavy (non-hydrogen) atoms. The molecular weight excluding hydrogens is 299 g/mol. The van der Waals surface area contributed by atoms with Crippen LogP contribution in [-0.2, 0) is 6.18 Å². The number of amides is 1. The van der Waals surface area contributed by atoms with Gasteiger partial charge in [0.05, 0.1) is 5.56 Å². The Balaban J connectivity index is 1.70. The molecule has 2 aromatic rings. The number of rotatable bonds is 2. The third-order valence-corrected chi connectivity index (χ3v) is 3.68. The molecular formula is C14H12F3N3O2. The Labute approximate surface area is 123 Å². The Morgan fingerprint density at radius 2 is 2.00 bits per heavy atom. The lowest BCUT2D eigenvalue weighted by atomic mass is 10.1. The third-order valence-electron chi connectivity index (χ3n) is 3.68. The molecule has 0 saturated carbocycles. The van der Waals surface area contributed by atoms with E-state index in [1.807, 2.05) is 0 Å². The Morgan fingerprint density at radius 1 is 1.27 bits per heavy atom. The highest BCUT2D eigenvalue weighted by atomic mass is 19.4. The van der Waals surface area contributed by atoms with Crippen molar-refractivity contribution in [3.8, 4) is 0 Å². The molecule has 1 aromatic heterocycles. The summed E-state index contributed by atoms with van der Waals surface area (Å²) >= 11 is 0. The van der Waals surface area contributed by atoms with E-state index in [1.54, 1.807) is 4.90 Å². The first kappa shape index (κ1) is 14.6. The molecule has 5 nitrogen and oxygen atoms in total. The molecule has 1 amide bonds. The number of hydrogen-bond acceptors (Lipinski definition) is 4. The molecule has 3 rings (SSSR count). The zero-order valence-corrected chi connectivity index (χ0v) is 11.4. The first-order valence-corrected chi connectivity index (χ1v) is 6.68. The summed E-state index contributed by atoms with van der Waals surface area (Å²) in [7, 11) is 0. The summed E-state index contributed by atoms with van der Waals surface area (Å²) in [6.07, 6.45) is -2.47. The van der Waals surface area contributed by atoms with Crippen LogP contribution < -0.4 is 0 Å². The van der Waals surface area contributed by atoms with Crippen molar-refractivity contribution in [2.75, 3.05) is 13.1 Å². The van der Waals surface area contributed by atoms with Crippen LogP contribution in [0.15, 0.2) is 35.2 Å². The maximum absolute atomic E-state index is 12.5. The van der Waals surface area contributed by atoms with Crippen LogP contribution in [0.1, 0.15) is 34.1 Å². The number of likely N-dealkylation sites (tertiary alicyclic amines) is 1. The van der Waals surface area contributed by atoms with Crippen molar-refractivity contribution in [3.63, 3.8) is 0 Å². The fourth-order valence-corrected chi connectivity index (χ4v) is 2.50. The van der Waals surface area contributed by atoms with Crippen LogP contribution in [0.5, 0.6) is 0 Å². The van der Waals surface area contributed by atoms with E-state index >= 15 is 0 Å². The van der Waals surface area contributed by atoms with Crippen molar-refractivity contribution in [1.82, 2.24) is 15.0 Å². The van der Waals surface area contributed by atoms with Crippen LogP contribution in [0.4, 0.5) is 13.2 Å². The molecule has 0 unspecified atom stereocenters. The second kappa shape index (κ2) is 5.43. The Kier molecular flexibility index (Phi) is 3.59. The number of halogens is 3. The molecule has 0 N–H and O–H groups in total. The minimum absolute atomic E-state index is 0.00264. The molecule has 116 valence electrons. The topological polar surface area (TPSA) is 59.2 Å². The summed E-state index contributed by atoms with van der Waals surface area (Å²) in [5.74, 6) is 0.250. The lowest BCUT2D eigenvalue weighted by molar-refractivity contribution is -0.137. The van der Waals surface area contributed by atoms with Gasteiger partial charge >= 0.3 is 6.18 Å². The van der Waals surface area contributed by atoms with Gasteiger partial charge in [0.2, 0.25) is 6.39 Å². The minimum atomic E-state index is -4.40. The Morgan fingerprint density at radius 3 is 2.59 bits per heavy atom. The predicted molar refractivity (Wildman–Crippen MR) is 69.0 cm³/mol. The maximum Gasteiger partial charge on any atom is 0.416 e. The highest BCUT2D eigenvalue weighted by Crippen LogP contribution is 2.30. The van der Waals surface area contributed by atoms with Crippen molar-refractivity contribution in [2.24, 2.45) is 0 Å². The fourth-order valence-electron chi connectivity index (χ4n) is 2.50. The van der Waals surface area contributed by atoms with Crippen LogP contribution in [-0.4, -0.2) is 34.0 Å². The monoisotopic (exact) mass is 311 g/mol. The standard InChI is InChI=1S/C14H12F3N3O2/c15-14(16,17)11-3-1-9(2-4-11)13(21)20-6-5-10(7-20)12-18-8-22-19-12/h1-4,8,10H,5-7H2/t10-/m0/s1. The molecule has 1 saturated heterocycles. The maximum atomic E-state index is 12.5. The zero-order valence-electron chi connectivity index (χ0n) is 11.4. The highest BCUT2D eigenvalue weighted by Gasteiger charge is 2.32. The summed E-state index contributed by atoms with van der Waals surface area (Å²) < 4.78 is 42.2. The summed E-state index contributed by atoms with van der Waals surface area (Å²) in [5.41, 5.74) is -0.531. The SMILES string of the molecule is O=C(c1ccc(C(F)(F)F)cc1)N1CC[C@H](c2ncon2)C1. The van der Waals surface area contributed by atoms with Crippen molar-refractivity contribution in [2.45, 2.75) is 18.5 Å². The molecule has 2 heterocycles. The predicted octanol–water partition coefficient (Wildman–Crippen LogP) is 2.72. The molecule has 1 aliphatic rings. The van der Waals surface area contributed by atoms with Crippen LogP contribution in [0, 0.1) is 0 Å². The van der Waals surface area contributed by atoms with E-state index in [9.17, 15) is 18.0 Å². The molecule has 0 spiro atoms. The van der Waals surface area contributed by atoms with Gasteiger partial charge in [0.25, 0.3) is 5.91 Å². The normalized spacial score (nSPS) is 18.7. The largest absolute Gasteiger partial charge is 0.416 e. The van der Waals surface area contributed by atoms with Crippen LogP contribution in [0.3, 0.4) is 0 Å². The molecule has 0 aliphatic carbocycles. The van der Waals surface area contributed by atoms with E-state index in [-0.39, 0.29) is 17.4 Å². The number of aromatic nitrogens is 2. The second-order valence-electron chi connectivity index (χ2n) is 5.10. The zero-order chi connectivity index (χ0) is 15.7. The van der Waals surface area contributed by atoms with Crippen molar-refractivity contribution < 1.29 is 22.5 Å². The van der Waals surface area contributed by atoms with Crippen molar-refractivity contribution in [1.29, 1.82) is 0 Å². The van der Waals surface area contributed by atoms with Gasteiger partial charge in [0, 0.05) is 24.6 Å². The fraction of sp³-hybridized carbons (Fsp3) is 0.357. The molecule has 1 aliphatic heterocycles. The summed E-state index contributed by atoms with van der Waals surface area (Å²) in [6.45, 7) is 0.943. The van der Waals surface area contributed by atoms with Gasteiger partial charge in [-0.25, -0.2) is 0 Å². The van der Waals surface area contributed by atoms with Gasteiger partial charge in [-0.05, 0) is 30.7 Å². The number of benzene rings is 1. The average molecular weight is 311 g/mol. The van der Waals surface area contributed by atoms with Crippen molar-refractivity contribution >= 4 is 5.91 Å².